The van der Waals surface area contributed by atoms with E-state index in [0.29, 0.717) is 19.5 Å². The van der Waals surface area contributed by atoms with Gasteiger partial charge >= 0.3 is 0 Å². The van der Waals surface area contributed by atoms with Crippen LogP contribution in [-0.2, 0) is 11.3 Å². The number of likely N-dealkylation sites (tertiary alicyclic amines) is 1. The maximum atomic E-state index is 12.4. The molecule has 0 aromatic carbocycles. The van der Waals surface area contributed by atoms with Crippen molar-refractivity contribution in [3.63, 3.8) is 0 Å². The predicted octanol–water partition coefficient (Wildman–Crippen LogP) is 0.740. The standard InChI is InChI=1S/C14H21N7O/c1-11-16-12(2)21(17-11)13-4-3-7-19(10-13)14(22)5-8-20-9-6-15-18-20/h6,9,13H,3-5,7-8,10H2,1-2H3/t13-/m0/s1. The van der Waals surface area contributed by atoms with Crippen molar-refractivity contribution >= 4 is 5.91 Å². The van der Waals surface area contributed by atoms with Gasteiger partial charge < -0.3 is 4.90 Å². The van der Waals surface area contributed by atoms with E-state index < -0.39 is 0 Å². The number of aryl methyl sites for hydroxylation is 3. The van der Waals surface area contributed by atoms with Gasteiger partial charge in [-0.25, -0.2) is 9.67 Å². The summed E-state index contributed by atoms with van der Waals surface area (Å²) in [7, 11) is 0. The van der Waals surface area contributed by atoms with Crippen LogP contribution in [0.5, 0.6) is 0 Å². The number of hydrogen-bond acceptors (Lipinski definition) is 5. The highest BCUT2D eigenvalue weighted by atomic mass is 16.2. The Kier molecular flexibility index (Phi) is 4.17. The van der Waals surface area contributed by atoms with Crippen molar-refractivity contribution < 1.29 is 4.79 Å². The third kappa shape index (κ3) is 3.15. The first kappa shape index (κ1) is 14.7. The molecule has 0 saturated carbocycles. The van der Waals surface area contributed by atoms with Gasteiger partial charge in [-0.1, -0.05) is 5.21 Å². The maximum absolute atomic E-state index is 12.4. The SMILES string of the molecule is Cc1nc(C)n([C@H]2CCCN(C(=O)CCn3ccnn3)C2)n1. The van der Waals surface area contributed by atoms with Gasteiger partial charge in [-0.2, -0.15) is 5.10 Å². The summed E-state index contributed by atoms with van der Waals surface area (Å²) in [5.74, 6) is 1.86. The van der Waals surface area contributed by atoms with Gasteiger partial charge in [0.1, 0.15) is 11.6 Å². The lowest BCUT2D eigenvalue weighted by Crippen LogP contribution is -2.41. The van der Waals surface area contributed by atoms with Crippen LogP contribution in [0.1, 0.15) is 37.0 Å². The third-order valence-electron chi connectivity index (χ3n) is 4.03. The van der Waals surface area contributed by atoms with Gasteiger partial charge in [-0.15, -0.1) is 5.10 Å². The molecule has 1 saturated heterocycles. The van der Waals surface area contributed by atoms with Crippen LogP contribution in [0.15, 0.2) is 12.4 Å². The summed E-state index contributed by atoms with van der Waals surface area (Å²) >= 11 is 0. The Labute approximate surface area is 129 Å². The zero-order chi connectivity index (χ0) is 15.5. The molecule has 1 amide bonds. The van der Waals surface area contributed by atoms with Crippen LogP contribution in [0.3, 0.4) is 0 Å². The van der Waals surface area contributed by atoms with E-state index in [1.807, 2.05) is 23.4 Å². The minimum absolute atomic E-state index is 0.162. The molecule has 0 spiro atoms. The summed E-state index contributed by atoms with van der Waals surface area (Å²) in [5.41, 5.74) is 0. The molecule has 1 fully saturated rings. The monoisotopic (exact) mass is 303 g/mol. The lowest BCUT2D eigenvalue weighted by Gasteiger charge is -2.33. The molecule has 1 aliphatic heterocycles. The minimum Gasteiger partial charge on any atom is -0.340 e. The highest BCUT2D eigenvalue weighted by Crippen LogP contribution is 2.22. The first-order valence-electron chi connectivity index (χ1n) is 7.65. The van der Waals surface area contributed by atoms with Crippen molar-refractivity contribution in [1.82, 2.24) is 34.7 Å². The Morgan fingerprint density at radius 2 is 2.27 bits per heavy atom. The van der Waals surface area contributed by atoms with Crippen LogP contribution in [0, 0.1) is 13.8 Å². The summed E-state index contributed by atoms with van der Waals surface area (Å²) in [6, 6.07) is 0.227. The van der Waals surface area contributed by atoms with Crippen molar-refractivity contribution in [2.75, 3.05) is 13.1 Å². The van der Waals surface area contributed by atoms with Gasteiger partial charge in [-0.05, 0) is 26.7 Å². The topological polar surface area (TPSA) is 81.7 Å². The molecular weight excluding hydrogens is 282 g/mol. The molecule has 1 atom stereocenters. The molecular formula is C14H21N7O. The zero-order valence-corrected chi connectivity index (χ0v) is 13.0. The normalized spacial score (nSPS) is 18.6. The fourth-order valence-electron chi connectivity index (χ4n) is 2.98. The molecule has 0 radical (unpaired) electrons. The van der Waals surface area contributed by atoms with Crippen molar-refractivity contribution in [1.29, 1.82) is 0 Å². The molecule has 1 aliphatic rings. The lowest BCUT2D eigenvalue weighted by atomic mass is 10.1. The predicted molar refractivity (Wildman–Crippen MR) is 79.0 cm³/mol. The average Bonchev–Trinajstić information content (AvgIpc) is 3.14. The van der Waals surface area contributed by atoms with Crippen molar-refractivity contribution in [3.05, 3.63) is 24.0 Å². The van der Waals surface area contributed by atoms with Gasteiger partial charge in [0, 0.05) is 25.7 Å². The quantitative estimate of drug-likeness (QED) is 0.832. The molecule has 0 N–H and O–H groups in total. The Morgan fingerprint density at radius 3 is 2.95 bits per heavy atom. The highest BCUT2D eigenvalue weighted by Gasteiger charge is 2.26. The molecule has 3 heterocycles. The molecule has 8 nitrogen and oxygen atoms in total. The van der Waals surface area contributed by atoms with Crippen molar-refractivity contribution in [3.8, 4) is 0 Å². The second-order valence-corrected chi connectivity index (χ2v) is 5.70. The number of nitrogens with zero attached hydrogens (tertiary/aromatic N) is 7. The van der Waals surface area contributed by atoms with E-state index >= 15 is 0 Å². The summed E-state index contributed by atoms with van der Waals surface area (Å²) in [6.45, 7) is 5.96. The third-order valence-corrected chi connectivity index (χ3v) is 4.03. The fourth-order valence-corrected chi connectivity index (χ4v) is 2.98. The molecule has 22 heavy (non-hydrogen) atoms. The van der Waals surface area contributed by atoms with Crippen LogP contribution in [0.2, 0.25) is 0 Å². The summed E-state index contributed by atoms with van der Waals surface area (Å²) in [6.07, 6.45) is 5.88. The second kappa shape index (κ2) is 6.25. The molecule has 8 heteroatoms. The Hall–Kier alpha value is -2.25. The number of aromatic nitrogens is 6. The Morgan fingerprint density at radius 1 is 1.41 bits per heavy atom. The highest BCUT2D eigenvalue weighted by molar-refractivity contribution is 5.76. The molecule has 0 unspecified atom stereocenters. The Bertz CT molecular complexity index is 634. The summed E-state index contributed by atoms with van der Waals surface area (Å²) in [5, 5.41) is 12.1. The maximum Gasteiger partial charge on any atom is 0.224 e. The van der Waals surface area contributed by atoms with Crippen LogP contribution in [0.25, 0.3) is 0 Å². The van der Waals surface area contributed by atoms with Crippen molar-refractivity contribution in [2.24, 2.45) is 0 Å². The van der Waals surface area contributed by atoms with E-state index in [0.717, 1.165) is 31.0 Å². The molecule has 0 aliphatic carbocycles. The number of carbonyl (C=O) groups excluding carboxylic acids is 1. The largest absolute Gasteiger partial charge is 0.340 e. The van der Waals surface area contributed by atoms with Gasteiger partial charge in [-0.3, -0.25) is 9.48 Å². The zero-order valence-electron chi connectivity index (χ0n) is 13.0. The van der Waals surface area contributed by atoms with E-state index in [4.69, 9.17) is 0 Å². The van der Waals surface area contributed by atoms with Crippen molar-refractivity contribution in [2.45, 2.75) is 45.7 Å². The number of hydrogen-bond donors (Lipinski definition) is 0. The number of amides is 1. The molecule has 2 aromatic rings. The Balaban J connectivity index is 1.60. The van der Waals surface area contributed by atoms with E-state index in [9.17, 15) is 4.79 Å². The van der Waals surface area contributed by atoms with Gasteiger partial charge in [0.05, 0.1) is 18.8 Å². The molecule has 3 rings (SSSR count). The first-order chi connectivity index (χ1) is 10.6. The summed E-state index contributed by atoms with van der Waals surface area (Å²) in [4.78, 5) is 18.7. The second-order valence-electron chi connectivity index (χ2n) is 5.70. The van der Waals surface area contributed by atoms with Crippen LogP contribution < -0.4 is 0 Å². The first-order valence-corrected chi connectivity index (χ1v) is 7.65. The fraction of sp³-hybridized carbons (Fsp3) is 0.643. The number of carbonyl (C=O) groups is 1. The van der Waals surface area contributed by atoms with Crippen LogP contribution in [-0.4, -0.2) is 53.7 Å². The van der Waals surface area contributed by atoms with Gasteiger partial charge in [0.2, 0.25) is 5.91 Å². The lowest BCUT2D eigenvalue weighted by molar-refractivity contribution is -0.133. The smallest absolute Gasteiger partial charge is 0.224 e. The van der Waals surface area contributed by atoms with Gasteiger partial charge in [0.15, 0.2) is 0 Å². The molecule has 0 bridgehead atoms. The summed E-state index contributed by atoms with van der Waals surface area (Å²) < 4.78 is 3.65. The van der Waals surface area contributed by atoms with E-state index in [1.165, 1.54) is 0 Å². The van der Waals surface area contributed by atoms with E-state index in [2.05, 4.69) is 20.4 Å². The van der Waals surface area contributed by atoms with Crippen LogP contribution >= 0.6 is 0 Å². The number of rotatable bonds is 4. The molecule has 2 aromatic heterocycles. The van der Waals surface area contributed by atoms with Crippen LogP contribution in [0.4, 0.5) is 0 Å². The van der Waals surface area contributed by atoms with E-state index in [-0.39, 0.29) is 11.9 Å². The number of piperidine rings is 1. The van der Waals surface area contributed by atoms with E-state index in [1.54, 1.807) is 17.1 Å². The average molecular weight is 303 g/mol. The molecule has 118 valence electrons. The van der Waals surface area contributed by atoms with Gasteiger partial charge in [0.25, 0.3) is 0 Å². The minimum atomic E-state index is 0.162.